The standard InChI is InChI=1S/C13H8INO2S/c1-15-13(17)12(16)9-4-2-8(3-5-9)10-6-7-11(14)18-10/h2-7H,1H2. The van der Waals surface area contributed by atoms with Crippen LogP contribution < -0.4 is 0 Å². The van der Waals surface area contributed by atoms with E-state index in [2.05, 4.69) is 34.3 Å². The number of thiophene rings is 1. The largest absolute Gasteiger partial charge is 0.317 e. The quantitative estimate of drug-likeness (QED) is 0.360. The molecule has 0 aliphatic heterocycles. The van der Waals surface area contributed by atoms with Gasteiger partial charge < -0.3 is 0 Å². The molecule has 1 amide bonds. The zero-order valence-corrected chi connectivity index (χ0v) is 12.2. The lowest BCUT2D eigenvalue weighted by Gasteiger charge is -1.99. The molecule has 3 nitrogen and oxygen atoms in total. The minimum absolute atomic E-state index is 0.336. The Morgan fingerprint density at radius 2 is 1.78 bits per heavy atom. The maximum Gasteiger partial charge on any atom is 0.317 e. The molecule has 0 unspecified atom stereocenters. The highest BCUT2D eigenvalue weighted by Gasteiger charge is 2.14. The molecule has 0 N–H and O–H groups in total. The molecule has 0 saturated carbocycles. The van der Waals surface area contributed by atoms with Crippen molar-refractivity contribution in [3.8, 4) is 10.4 Å². The summed E-state index contributed by atoms with van der Waals surface area (Å²) < 4.78 is 1.20. The first-order valence-corrected chi connectivity index (χ1v) is 6.92. The predicted molar refractivity (Wildman–Crippen MR) is 81.4 cm³/mol. The van der Waals surface area contributed by atoms with Crippen molar-refractivity contribution in [2.45, 2.75) is 0 Å². The third-order valence-corrected chi connectivity index (χ3v) is 4.29. The molecule has 0 aliphatic carbocycles. The first-order valence-electron chi connectivity index (χ1n) is 5.03. The molecule has 2 rings (SSSR count). The molecule has 2 aromatic rings. The number of carbonyl (C=O) groups excluding carboxylic acids is 2. The number of aliphatic imine (C=N–C) groups is 1. The Morgan fingerprint density at radius 1 is 1.11 bits per heavy atom. The molecular formula is C13H8INO2S. The first kappa shape index (κ1) is 13.1. The fraction of sp³-hybridized carbons (Fsp3) is 0. The second-order valence-electron chi connectivity index (χ2n) is 3.47. The lowest BCUT2D eigenvalue weighted by molar-refractivity contribution is -0.113. The maximum absolute atomic E-state index is 11.5. The summed E-state index contributed by atoms with van der Waals surface area (Å²) in [6, 6.07) is 11.0. The minimum atomic E-state index is -0.826. The lowest BCUT2D eigenvalue weighted by atomic mass is 10.1. The first-order chi connectivity index (χ1) is 8.61. The molecule has 1 aromatic heterocycles. The fourth-order valence-electron chi connectivity index (χ4n) is 1.45. The molecule has 0 fully saturated rings. The van der Waals surface area contributed by atoms with E-state index in [0.29, 0.717) is 5.56 Å². The summed E-state index contributed by atoms with van der Waals surface area (Å²) in [6.45, 7) is 3.06. The average Bonchev–Trinajstić information content (AvgIpc) is 2.84. The summed E-state index contributed by atoms with van der Waals surface area (Å²) in [5.74, 6) is -1.45. The Bertz CT molecular complexity index is 616. The van der Waals surface area contributed by atoms with Crippen LogP contribution in [0.5, 0.6) is 0 Å². The van der Waals surface area contributed by atoms with Crippen molar-refractivity contribution < 1.29 is 9.59 Å². The van der Waals surface area contributed by atoms with Gasteiger partial charge in [0.2, 0.25) is 0 Å². The second-order valence-corrected chi connectivity index (χ2v) is 6.45. The maximum atomic E-state index is 11.5. The van der Waals surface area contributed by atoms with Crippen molar-refractivity contribution in [1.29, 1.82) is 0 Å². The Morgan fingerprint density at radius 3 is 2.28 bits per heavy atom. The fourth-order valence-corrected chi connectivity index (χ4v) is 3.08. The summed E-state index contributed by atoms with van der Waals surface area (Å²) in [5.41, 5.74) is 1.36. The van der Waals surface area contributed by atoms with Crippen molar-refractivity contribution in [3.05, 3.63) is 44.8 Å². The molecular weight excluding hydrogens is 361 g/mol. The Labute approximate surface area is 122 Å². The number of amides is 1. The Hall–Kier alpha value is -1.34. The van der Waals surface area contributed by atoms with Crippen molar-refractivity contribution in [1.82, 2.24) is 0 Å². The van der Waals surface area contributed by atoms with Crippen LogP contribution in [-0.4, -0.2) is 18.4 Å². The number of Topliss-reactive ketones (excluding diaryl/α,β-unsaturated/α-hetero) is 1. The molecule has 5 heteroatoms. The molecule has 0 aliphatic rings. The number of halogens is 1. The monoisotopic (exact) mass is 369 g/mol. The van der Waals surface area contributed by atoms with Crippen LogP contribution in [0.1, 0.15) is 10.4 Å². The van der Waals surface area contributed by atoms with Crippen LogP contribution in [0.15, 0.2) is 41.4 Å². The van der Waals surface area contributed by atoms with Gasteiger partial charge in [-0.1, -0.05) is 24.3 Å². The van der Waals surface area contributed by atoms with Gasteiger partial charge in [0.15, 0.2) is 0 Å². The molecule has 0 radical (unpaired) electrons. The van der Waals surface area contributed by atoms with Crippen LogP contribution in [0.25, 0.3) is 10.4 Å². The minimum Gasteiger partial charge on any atom is -0.283 e. The van der Waals surface area contributed by atoms with E-state index in [1.165, 1.54) is 2.88 Å². The number of ketones is 1. The highest BCUT2D eigenvalue weighted by Crippen LogP contribution is 2.29. The van der Waals surface area contributed by atoms with E-state index >= 15 is 0 Å². The topological polar surface area (TPSA) is 46.5 Å². The van der Waals surface area contributed by atoms with Gasteiger partial charge in [0.05, 0.1) is 2.88 Å². The molecule has 0 atom stereocenters. The highest BCUT2D eigenvalue weighted by molar-refractivity contribution is 14.1. The second kappa shape index (κ2) is 5.53. The van der Waals surface area contributed by atoms with E-state index in [-0.39, 0.29) is 0 Å². The molecule has 0 spiro atoms. The van der Waals surface area contributed by atoms with Gasteiger partial charge in [0.1, 0.15) is 0 Å². The Kier molecular flexibility index (Phi) is 4.03. The molecule has 18 heavy (non-hydrogen) atoms. The van der Waals surface area contributed by atoms with Crippen molar-refractivity contribution in [2.24, 2.45) is 4.99 Å². The van der Waals surface area contributed by atoms with Gasteiger partial charge in [0, 0.05) is 10.4 Å². The predicted octanol–water partition coefficient (Wildman–Crippen LogP) is 3.43. The van der Waals surface area contributed by atoms with Crippen molar-refractivity contribution >= 4 is 52.3 Å². The van der Waals surface area contributed by atoms with Crippen LogP contribution in [0.4, 0.5) is 0 Å². The smallest absolute Gasteiger partial charge is 0.283 e. The summed E-state index contributed by atoms with van der Waals surface area (Å²) in [7, 11) is 0. The molecule has 1 aromatic carbocycles. The lowest BCUT2D eigenvalue weighted by Crippen LogP contribution is -2.10. The number of benzene rings is 1. The molecule has 1 heterocycles. The number of rotatable bonds is 3. The van der Waals surface area contributed by atoms with E-state index in [9.17, 15) is 9.59 Å². The Balaban J connectivity index is 2.28. The average molecular weight is 369 g/mol. The summed E-state index contributed by atoms with van der Waals surface area (Å²) >= 11 is 3.93. The summed E-state index contributed by atoms with van der Waals surface area (Å²) in [6.07, 6.45) is 0. The zero-order valence-electron chi connectivity index (χ0n) is 9.22. The van der Waals surface area contributed by atoms with E-state index in [4.69, 9.17) is 0 Å². The van der Waals surface area contributed by atoms with Crippen LogP contribution >= 0.6 is 33.9 Å². The molecule has 0 saturated heterocycles. The van der Waals surface area contributed by atoms with E-state index < -0.39 is 11.7 Å². The summed E-state index contributed by atoms with van der Waals surface area (Å²) in [4.78, 5) is 26.9. The third kappa shape index (κ3) is 2.73. The van der Waals surface area contributed by atoms with Crippen LogP contribution in [0.2, 0.25) is 0 Å². The number of hydrogen-bond donors (Lipinski definition) is 0. The highest BCUT2D eigenvalue weighted by atomic mass is 127. The third-order valence-electron chi connectivity index (χ3n) is 2.34. The normalized spacial score (nSPS) is 10.1. The van der Waals surface area contributed by atoms with Gasteiger partial charge >= 0.3 is 5.91 Å². The number of carbonyl (C=O) groups is 2. The summed E-state index contributed by atoms with van der Waals surface area (Å²) in [5, 5.41) is 0. The van der Waals surface area contributed by atoms with Gasteiger partial charge in [-0.25, -0.2) is 4.99 Å². The van der Waals surface area contributed by atoms with Gasteiger partial charge in [-0.2, -0.15) is 0 Å². The van der Waals surface area contributed by atoms with Crippen LogP contribution in [-0.2, 0) is 4.79 Å². The SMILES string of the molecule is C=NC(=O)C(=O)c1ccc(-c2ccc(I)s2)cc1. The van der Waals surface area contributed by atoms with Crippen LogP contribution in [0.3, 0.4) is 0 Å². The van der Waals surface area contributed by atoms with Crippen LogP contribution in [0, 0.1) is 2.88 Å². The van der Waals surface area contributed by atoms with E-state index in [0.717, 1.165) is 10.4 Å². The van der Waals surface area contributed by atoms with Gasteiger partial charge in [-0.15, -0.1) is 11.3 Å². The van der Waals surface area contributed by atoms with Crippen molar-refractivity contribution in [3.63, 3.8) is 0 Å². The molecule has 90 valence electrons. The number of nitrogens with zero attached hydrogens (tertiary/aromatic N) is 1. The van der Waals surface area contributed by atoms with E-state index in [1.807, 2.05) is 24.3 Å². The van der Waals surface area contributed by atoms with E-state index in [1.54, 1.807) is 23.5 Å². The molecule has 0 bridgehead atoms. The van der Waals surface area contributed by atoms with Gasteiger partial charge in [-0.3, -0.25) is 9.59 Å². The zero-order chi connectivity index (χ0) is 13.1. The van der Waals surface area contributed by atoms with Gasteiger partial charge in [0.25, 0.3) is 5.78 Å². The van der Waals surface area contributed by atoms with Crippen molar-refractivity contribution in [2.75, 3.05) is 0 Å². The van der Waals surface area contributed by atoms with Gasteiger partial charge in [-0.05, 0) is 47.0 Å². The number of hydrogen-bond acceptors (Lipinski definition) is 3.